The van der Waals surface area contributed by atoms with Crippen LogP contribution in [0.3, 0.4) is 0 Å². The summed E-state index contributed by atoms with van der Waals surface area (Å²) in [5, 5.41) is 30.7. The maximum Gasteiger partial charge on any atom is 0.481 e. The Labute approximate surface area is 419 Å². The molecule has 0 aromatic carbocycles. The average molecular weight is 1040 g/mol. The van der Waals surface area contributed by atoms with E-state index < -0.39 is 89.8 Å². The number of unbranched alkanes of at least 4 members (excludes halogenated alkanes) is 10. The number of hydrogen-bond donors (Lipinski definition) is 6. The van der Waals surface area contributed by atoms with Crippen LogP contribution in [0.5, 0.6) is 0 Å². The van der Waals surface area contributed by atoms with Crippen LogP contribution in [0.4, 0.5) is 5.82 Å². The molecule has 0 saturated carbocycles. The van der Waals surface area contributed by atoms with Crippen molar-refractivity contribution in [3.8, 4) is 0 Å². The number of phosphoric ester groups is 2. The summed E-state index contributed by atoms with van der Waals surface area (Å²) in [5.41, 5.74) is 4.57. The predicted molar refractivity (Wildman–Crippen MR) is 271 cm³/mol. The molecule has 19 nitrogen and oxygen atoms in total. The molecule has 71 heavy (non-hydrogen) atoms. The number of nitrogen functional groups attached to an aromatic ring is 1. The van der Waals surface area contributed by atoms with Gasteiger partial charge >= 0.3 is 33.3 Å². The molecule has 21 heteroatoms. The van der Waals surface area contributed by atoms with E-state index in [-0.39, 0.29) is 18.7 Å². The van der Waals surface area contributed by atoms with E-state index in [1.807, 2.05) is 61.6 Å². The summed E-state index contributed by atoms with van der Waals surface area (Å²) >= 11 is 0. The first-order chi connectivity index (χ1) is 34.1. The van der Waals surface area contributed by atoms with Gasteiger partial charge in [-0.1, -0.05) is 137 Å². The molecule has 2 heterocycles. The number of ether oxygens (including phenoxy) is 3. The van der Waals surface area contributed by atoms with Crippen molar-refractivity contribution in [1.82, 2.24) is 9.55 Å². The number of anilines is 1. The Kier molecular flexibility index (Phi) is 33.4. The van der Waals surface area contributed by atoms with E-state index in [1.54, 1.807) is 6.08 Å². The lowest BCUT2D eigenvalue weighted by Crippen LogP contribution is -2.36. The van der Waals surface area contributed by atoms with Crippen LogP contribution in [0.15, 0.2) is 102 Å². The molecule has 7 N–H and O–H groups in total. The van der Waals surface area contributed by atoms with Crippen molar-refractivity contribution in [3.05, 3.63) is 108 Å². The Morgan fingerprint density at radius 3 is 2.07 bits per heavy atom. The molecule has 0 spiro atoms. The summed E-state index contributed by atoms with van der Waals surface area (Å²) in [5.74, 6) is -1.42. The third-order valence-corrected chi connectivity index (χ3v) is 13.2. The number of aliphatic hydroxyl groups excluding tert-OH is 3. The number of aliphatic hydroxyl groups is 3. The van der Waals surface area contributed by atoms with Crippen molar-refractivity contribution in [1.29, 1.82) is 0 Å². The number of carbonyl (C=O) groups excluding carboxylic acids is 2. The van der Waals surface area contributed by atoms with Crippen molar-refractivity contribution in [2.24, 2.45) is 0 Å². The van der Waals surface area contributed by atoms with E-state index in [1.165, 1.54) is 31.7 Å². The lowest BCUT2D eigenvalue weighted by atomic mass is 10.1. The number of phosphoric acid groups is 2. The van der Waals surface area contributed by atoms with Crippen molar-refractivity contribution >= 4 is 33.4 Å². The molecule has 3 unspecified atom stereocenters. The second kappa shape index (κ2) is 37.6. The molecule has 1 aromatic heterocycles. The standard InChI is InChI=1S/C50H79N3O16P2/c1-3-5-7-8-9-10-11-12-13-14-18-21-24-27-30-34-45(55)64-38-42(67-46(56)35-31-28-25-22-19-16-15-17-20-23-26-29-33-41(54)32-6-4-2)39-65-70(60,61)69-71(62,63)66-40-43-47(57)48(58)49(68-43)53-37-36-44(51)52-50(53)59/h6,10-13,15-16,20,22-23,25-26,29,32,36-37,41-43,47-49,54,57-58H,3-5,7-9,14,17-19,21,24,27-28,30-31,33-35,38-40H2,1-2H3,(H,60,61)(H,62,63)(H2,51,52,59)/b11-10-,13-12-,16-15-,23-20-,25-22-,29-26+,32-6-/t41?,42-,43-,47-,48-,49-/m1/s1. The SMILES string of the molecule is CC/C=C\C(O)C/C=C/C=C\C/C=C\C/C=C\CCCC(=O)O[C@H](COC(=O)CCCCCCC/C=C\C=C/CCCCCC)COP(=O)(O)OP(=O)(O)OC[C@H]1O[C@@H](n2ccc(N)nc2=O)[C@H](O)[C@@H]1O. The van der Waals surface area contributed by atoms with E-state index in [0.717, 1.165) is 62.1 Å². The topological polar surface area (TPSA) is 286 Å². The van der Waals surface area contributed by atoms with Gasteiger partial charge in [0.25, 0.3) is 0 Å². The lowest BCUT2D eigenvalue weighted by Gasteiger charge is -2.21. The highest BCUT2D eigenvalue weighted by Gasteiger charge is 2.46. The summed E-state index contributed by atoms with van der Waals surface area (Å²) < 4.78 is 56.6. The highest BCUT2D eigenvalue weighted by Crippen LogP contribution is 2.60. The van der Waals surface area contributed by atoms with Crippen LogP contribution in [0.1, 0.15) is 142 Å². The minimum absolute atomic E-state index is 0.0540. The second-order valence-electron chi connectivity index (χ2n) is 16.8. The molecule has 0 radical (unpaired) electrons. The fourth-order valence-electron chi connectivity index (χ4n) is 6.71. The van der Waals surface area contributed by atoms with Crippen molar-refractivity contribution in [2.75, 3.05) is 25.6 Å². The molecule has 1 aliphatic rings. The molecule has 0 aliphatic carbocycles. The van der Waals surface area contributed by atoms with E-state index >= 15 is 0 Å². The molecule has 0 amide bonds. The van der Waals surface area contributed by atoms with Gasteiger partial charge in [0.05, 0.1) is 19.3 Å². The lowest BCUT2D eigenvalue weighted by molar-refractivity contribution is -0.161. The summed E-state index contributed by atoms with van der Waals surface area (Å²) in [6.07, 6.45) is 35.8. The van der Waals surface area contributed by atoms with Crippen LogP contribution in [-0.2, 0) is 46.3 Å². The molecule has 1 aromatic rings. The zero-order chi connectivity index (χ0) is 52.2. The molecule has 1 fully saturated rings. The Morgan fingerprint density at radius 2 is 1.37 bits per heavy atom. The molecular formula is C50H79N3O16P2. The minimum Gasteiger partial charge on any atom is -0.462 e. The van der Waals surface area contributed by atoms with Gasteiger partial charge in [-0.3, -0.25) is 23.2 Å². The Morgan fingerprint density at radius 1 is 0.761 bits per heavy atom. The summed E-state index contributed by atoms with van der Waals surface area (Å²) in [4.78, 5) is 61.8. The largest absolute Gasteiger partial charge is 0.481 e. The van der Waals surface area contributed by atoms with Crippen LogP contribution in [0.25, 0.3) is 0 Å². The van der Waals surface area contributed by atoms with Crippen molar-refractivity contribution in [3.63, 3.8) is 0 Å². The number of hydrogen-bond acceptors (Lipinski definition) is 16. The van der Waals surface area contributed by atoms with Gasteiger partial charge in [-0.05, 0) is 76.7 Å². The fourth-order valence-corrected chi connectivity index (χ4v) is 8.82. The van der Waals surface area contributed by atoms with Gasteiger partial charge in [0.1, 0.15) is 30.7 Å². The minimum atomic E-state index is -5.45. The summed E-state index contributed by atoms with van der Waals surface area (Å²) in [7, 11) is -10.9. The van der Waals surface area contributed by atoms with Crippen molar-refractivity contribution < 1.29 is 71.4 Å². The Bertz CT molecular complexity index is 2040. The number of carbonyl (C=O) groups is 2. The number of nitrogens with two attached hydrogens (primary N) is 1. The average Bonchev–Trinajstić information content (AvgIpc) is 3.60. The number of rotatable bonds is 39. The zero-order valence-corrected chi connectivity index (χ0v) is 43.1. The van der Waals surface area contributed by atoms with Gasteiger partial charge in [0.2, 0.25) is 0 Å². The first-order valence-corrected chi connectivity index (χ1v) is 27.7. The van der Waals surface area contributed by atoms with Gasteiger partial charge in [0, 0.05) is 19.0 Å². The number of aromatic nitrogens is 2. The Hall–Kier alpha value is -4.10. The van der Waals surface area contributed by atoms with Crippen LogP contribution < -0.4 is 11.4 Å². The normalized spacial score (nSPS) is 20.3. The maximum absolute atomic E-state index is 12.8. The molecule has 1 aliphatic heterocycles. The first-order valence-electron chi connectivity index (χ1n) is 24.7. The van der Waals surface area contributed by atoms with E-state index in [4.69, 9.17) is 29.0 Å². The summed E-state index contributed by atoms with van der Waals surface area (Å²) in [6, 6.07) is 1.24. The zero-order valence-electron chi connectivity index (χ0n) is 41.4. The highest BCUT2D eigenvalue weighted by molar-refractivity contribution is 7.61. The quantitative estimate of drug-likeness (QED) is 0.0118. The molecule has 0 bridgehead atoms. The van der Waals surface area contributed by atoms with Gasteiger partial charge in [-0.15, -0.1) is 0 Å². The van der Waals surface area contributed by atoms with Crippen LogP contribution >= 0.6 is 15.6 Å². The fraction of sp³-hybridized carbons (Fsp3) is 0.600. The Balaban J connectivity index is 1.86. The van der Waals surface area contributed by atoms with Crippen LogP contribution in [-0.4, -0.2) is 96.9 Å². The number of esters is 2. The van der Waals surface area contributed by atoms with E-state index in [9.17, 15) is 48.6 Å². The number of allylic oxidation sites excluding steroid dienone is 12. The van der Waals surface area contributed by atoms with Crippen LogP contribution in [0.2, 0.25) is 0 Å². The third kappa shape index (κ3) is 30.5. The molecule has 8 atom stereocenters. The highest BCUT2D eigenvalue weighted by atomic mass is 31.3. The molecule has 400 valence electrons. The van der Waals surface area contributed by atoms with Gasteiger partial charge in [0.15, 0.2) is 12.3 Å². The molecular weight excluding hydrogens is 961 g/mol. The first kappa shape index (κ1) is 63.0. The monoisotopic (exact) mass is 1040 g/mol. The number of nitrogens with zero attached hydrogens (tertiary/aromatic N) is 2. The second-order valence-corrected chi connectivity index (χ2v) is 19.9. The summed E-state index contributed by atoms with van der Waals surface area (Å²) in [6.45, 7) is 1.80. The smallest absolute Gasteiger partial charge is 0.462 e. The van der Waals surface area contributed by atoms with Crippen molar-refractivity contribution in [2.45, 2.75) is 173 Å². The maximum atomic E-state index is 12.8. The van der Waals surface area contributed by atoms with Gasteiger partial charge < -0.3 is 45.1 Å². The molecule has 2 rings (SSSR count). The van der Waals surface area contributed by atoms with Gasteiger partial charge in [-0.25, -0.2) is 13.9 Å². The molecule has 1 saturated heterocycles. The third-order valence-electron chi connectivity index (χ3n) is 10.6. The van der Waals surface area contributed by atoms with Gasteiger partial charge in [-0.2, -0.15) is 9.29 Å². The predicted octanol–water partition coefficient (Wildman–Crippen LogP) is 8.86. The van der Waals surface area contributed by atoms with E-state index in [2.05, 4.69) is 40.5 Å². The van der Waals surface area contributed by atoms with Crippen LogP contribution in [0, 0.1) is 0 Å². The van der Waals surface area contributed by atoms with E-state index in [0.29, 0.717) is 32.1 Å².